The number of benzene rings is 1. The summed E-state index contributed by atoms with van der Waals surface area (Å²) in [6.07, 6.45) is 0. The zero-order chi connectivity index (χ0) is 14.5. The van der Waals surface area contributed by atoms with Gasteiger partial charge in [0.05, 0.1) is 4.90 Å². The summed E-state index contributed by atoms with van der Waals surface area (Å²) in [5.41, 5.74) is 5.29. The number of nitrogens with two attached hydrogens (primary N) is 1. The third-order valence-electron chi connectivity index (χ3n) is 2.31. The molecule has 0 aliphatic carbocycles. The van der Waals surface area contributed by atoms with Crippen molar-refractivity contribution in [1.29, 1.82) is 0 Å². The fraction of sp³-hybridized carbons (Fsp3) is 0.364. The number of rotatable bonds is 7. The summed E-state index contributed by atoms with van der Waals surface area (Å²) in [4.78, 5) is 11.1. The van der Waals surface area contributed by atoms with Crippen LogP contribution in [0.2, 0.25) is 0 Å². The Hall–Kier alpha value is -0.670. The van der Waals surface area contributed by atoms with Crippen molar-refractivity contribution in [3.8, 4) is 0 Å². The third-order valence-corrected chi connectivity index (χ3v) is 4.21. The SMILES string of the molecule is CCNCCNS(=O)(=O)c1cc(Br)cc(C(N)=O)c1.Cl. The van der Waals surface area contributed by atoms with Gasteiger partial charge in [-0.2, -0.15) is 0 Å². The van der Waals surface area contributed by atoms with Crippen LogP contribution in [0, 0.1) is 0 Å². The summed E-state index contributed by atoms with van der Waals surface area (Å²) >= 11 is 3.15. The molecule has 0 aliphatic heterocycles. The quantitative estimate of drug-likeness (QED) is 0.605. The minimum absolute atomic E-state index is 0. The van der Waals surface area contributed by atoms with Gasteiger partial charge in [0.2, 0.25) is 15.9 Å². The summed E-state index contributed by atoms with van der Waals surface area (Å²) < 4.78 is 26.9. The van der Waals surface area contributed by atoms with Crippen molar-refractivity contribution < 1.29 is 13.2 Å². The molecular weight excluding hydrogens is 370 g/mol. The van der Waals surface area contributed by atoms with Crippen LogP contribution >= 0.6 is 28.3 Å². The monoisotopic (exact) mass is 385 g/mol. The molecule has 0 unspecified atom stereocenters. The van der Waals surface area contributed by atoms with E-state index in [4.69, 9.17) is 5.73 Å². The van der Waals surface area contributed by atoms with Crippen LogP contribution in [0.5, 0.6) is 0 Å². The van der Waals surface area contributed by atoms with Crippen molar-refractivity contribution in [2.45, 2.75) is 11.8 Å². The lowest BCUT2D eigenvalue weighted by Crippen LogP contribution is -2.32. The molecule has 4 N–H and O–H groups in total. The summed E-state index contributed by atoms with van der Waals surface area (Å²) in [6.45, 7) is 3.51. The van der Waals surface area contributed by atoms with Gasteiger partial charge in [0.25, 0.3) is 0 Å². The van der Waals surface area contributed by atoms with Gasteiger partial charge in [0.1, 0.15) is 0 Å². The minimum atomic E-state index is -3.65. The van der Waals surface area contributed by atoms with Gasteiger partial charge in [-0.05, 0) is 24.7 Å². The molecule has 6 nitrogen and oxygen atoms in total. The highest BCUT2D eigenvalue weighted by Gasteiger charge is 2.16. The van der Waals surface area contributed by atoms with Crippen molar-refractivity contribution in [3.05, 3.63) is 28.2 Å². The fourth-order valence-electron chi connectivity index (χ4n) is 1.39. The van der Waals surface area contributed by atoms with Crippen molar-refractivity contribution in [1.82, 2.24) is 10.0 Å². The molecule has 0 radical (unpaired) electrons. The minimum Gasteiger partial charge on any atom is -0.366 e. The van der Waals surface area contributed by atoms with Crippen LogP contribution in [0.1, 0.15) is 17.3 Å². The number of sulfonamides is 1. The van der Waals surface area contributed by atoms with Crippen molar-refractivity contribution in [3.63, 3.8) is 0 Å². The molecule has 114 valence electrons. The van der Waals surface area contributed by atoms with E-state index in [9.17, 15) is 13.2 Å². The van der Waals surface area contributed by atoms with Gasteiger partial charge in [-0.1, -0.05) is 22.9 Å². The number of carbonyl (C=O) groups is 1. The highest BCUT2D eigenvalue weighted by Crippen LogP contribution is 2.19. The van der Waals surface area contributed by atoms with E-state index in [1.165, 1.54) is 18.2 Å². The Balaban J connectivity index is 0.00000361. The first kappa shape index (κ1) is 19.3. The Morgan fingerprint density at radius 1 is 1.30 bits per heavy atom. The van der Waals surface area contributed by atoms with Gasteiger partial charge in [-0.25, -0.2) is 13.1 Å². The number of hydrogen-bond acceptors (Lipinski definition) is 4. The topological polar surface area (TPSA) is 101 Å². The number of amides is 1. The van der Waals surface area contributed by atoms with Crippen LogP contribution in [-0.2, 0) is 10.0 Å². The normalized spacial score (nSPS) is 10.9. The molecule has 0 aromatic heterocycles. The molecule has 0 saturated carbocycles. The number of halogens is 2. The van der Waals surface area contributed by atoms with Crippen LogP contribution in [0.15, 0.2) is 27.6 Å². The number of hydrogen-bond donors (Lipinski definition) is 3. The molecule has 0 heterocycles. The second-order valence-electron chi connectivity index (χ2n) is 3.79. The lowest BCUT2D eigenvalue weighted by molar-refractivity contribution is 0.1000. The lowest BCUT2D eigenvalue weighted by Gasteiger charge is -2.08. The molecule has 1 aromatic rings. The Morgan fingerprint density at radius 3 is 2.50 bits per heavy atom. The largest absolute Gasteiger partial charge is 0.366 e. The predicted octanol–water partition coefficient (Wildman–Crippen LogP) is 0.858. The van der Waals surface area contributed by atoms with Crippen LogP contribution in [-0.4, -0.2) is 34.0 Å². The summed E-state index contributed by atoms with van der Waals surface area (Å²) in [5, 5.41) is 3.00. The van der Waals surface area contributed by atoms with Crippen LogP contribution < -0.4 is 15.8 Å². The first-order chi connectivity index (χ1) is 8.86. The standard InChI is InChI=1S/C11H16BrN3O3S.ClH/c1-2-14-3-4-15-19(17,18)10-6-8(11(13)16)5-9(12)7-10;/h5-7,14-15H,2-4H2,1H3,(H2,13,16);1H. The van der Waals surface area contributed by atoms with E-state index in [1.54, 1.807) is 0 Å². The number of carbonyl (C=O) groups excluding carboxylic acids is 1. The molecule has 1 amide bonds. The van der Waals surface area contributed by atoms with Gasteiger partial charge in [0, 0.05) is 23.1 Å². The lowest BCUT2D eigenvalue weighted by atomic mass is 10.2. The van der Waals surface area contributed by atoms with Crippen molar-refractivity contribution >= 4 is 44.3 Å². The molecule has 0 fully saturated rings. The van der Waals surface area contributed by atoms with Crippen molar-refractivity contribution in [2.24, 2.45) is 5.73 Å². The molecule has 0 saturated heterocycles. The molecule has 9 heteroatoms. The van der Waals surface area contributed by atoms with Gasteiger partial charge in [0.15, 0.2) is 0 Å². The fourth-order valence-corrected chi connectivity index (χ4v) is 3.14. The van der Waals surface area contributed by atoms with E-state index in [-0.39, 0.29) is 29.4 Å². The number of likely N-dealkylation sites (N-methyl/N-ethyl adjacent to an activating group) is 1. The molecule has 1 aromatic carbocycles. The summed E-state index contributed by atoms with van der Waals surface area (Å²) in [7, 11) is -3.65. The summed E-state index contributed by atoms with van der Waals surface area (Å²) in [6, 6.07) is 4.14. The second kappa shape index (κ2) is 8.58. The van der Waals surface area contributed by atoms with Crippen LogP contribution in [0.4, 0.5) is 0 Å². The van der Waals surface area contributed by atoms with Gasteiger partial charge in [-0.3, -0.25) is 4.79 Å². The van der Waals surface area contributed by atoms with Gasteiger partial charge in [-0.15, -0.1) is 12.4 Å². The average molecular weight is 387 g/mol. The molecule has 0 atom stereocenters. The second-order valence-corrected chi connectivity index (χ2v) is 6.47. The highest BCUT2D eigenvalue weighted by molar-refractivity contribution is 9.10. The number of primary amides is 1. The van der Waals surface area contributed by atoms with Gasteiger partial charge >= 0.3 is 0 Å². The van der Waals surface area contributed by atoms with Crippen LogP contribution in [0.25, 0.3) is 0 Å². The zero-order valence-electron chi connectivity index (χ0n) is 10.8. The van der Waals surface area contributed by atoms with E-state index in [2.05, 4.69) is 26.0 Å². The molecule has 20 heavy (non-hydrogen) atoms. The maximum atomic E-state index is 12.0. The van der Waals surface area contributed by atoms with Gasteiger partial charge < -0.3 is 11.1 Å². The van der Waals surface area contributed by atoms with E-state index in [1.807, 2.05) is 6.92 Å². The van der Waals surface area contributed by atoms with E-state index < -0.39 is 15.9 Å². The number of nitrogens with one attached hydrogen (secondary N) is 2. The Kier molecular flexibility index (Phi) is 8.29. The zero-order valence-corrected chi connectivity index (χ0v) is 14.1. The molecule has 0 aliphatic rings. The van der Waals surface area contributed by atoms with E-state index >= 15 is 0 Å². The maximum absolute atomic E-state index is 12.0. The van der Waals surface area contributed by atoms with E-state index in [0.717, 1.165) is 6.54 Å². The maximum Gasteiger partial charge on any atom is 0.248 e. The molecule has 1 rings (SSSR count). The Morgan fingerprint density at radius 2 is 1.95 bits per heavy atom. The third kappa shape index (κ3) is 5.76. The van der Waals surface area contributed by atoms with Crippen molar-refractivity contribution in [2.75, 3.05) is 19.6 Å². The summed E-state index contributed by atoms with van der Waals surface area (Å²) in [5.74, 6) is -0.676. The Labute approximate surface area is 133 Å². The van der Waals surface area contributed by atoms with Crippen LogP contribution in [0.3, 0.4) is 0 Å². The molecular formula is C11H17BrClN3O3S. The highest BCUT2D eigenvalue weighted by atomic mass is 79.9. The smallest absolute Gasteiger partial charge is 0.248 e. The molecule has 0 bridgehead atoms. The molecule has 0 spiro atoms. The Bertz CT molecular complexity index is 566. The van der Waals surface area contributed by atoms with E-state index in [0.29, 0.717) is 11.0 Å². The first-order valence-corrected chi connectivity index (χ1v) is 7.95. The predicted molar refractivity (Wildman–Crippen MR) is 83.6 cm³/mol. The first-order valence-electron chi connectivity index (χ1n) is 5.67. The average Bonchev–Trinajstić information content (AvgIpc) is 2.34.